The Morgan fingerprint density at radius 2 is 1.53 bits per heavy atom. The van der Waals surface area contributed by atoms with Crippen LogP contribution in [0.3, 0.4) is 0 Å². The molecule has 0 saturated carbocycles. The lowest BCUT2D eigenvalue weighted by Gasteiger charge is -2.26. The molecule has 1 fully saturated rings. The summed E-state index contributed by atoms with van der Waals surface area (Å²) in [5.41, 5.74) is 1.06. The van der Waals surface area contributed by atoms with Gasteiger partial charge in [0.1, 0.15) is 5.75 Å². The Bertz CT molecular complexity index is 1130. The highest BCUT2D eigenvalue weighted by atomic mass is 32.2. The minimum Gasteiger partial charge on any atom is -0.455 e. The number of sulfonamides is 1. The van der Waals surface area contributed by atoms with E-state index in [4.69, 9.17) is 4.74 Å². The van der Waals surface area contributed by atoms with Crippen LogP contribution in [0.1, 0.15) is 19.3 Å². The van der Waals surface area contributed by atoms with E-state index in [2.05, 4.69) is 4.72 Å². The smallest absolute Gasteiger partial charge is 0.262 e. The molecule has 154 valence electrons. The second-order valence-electron chi connectivity index (χ2n) is 7.01. The number of carbonyl (C=O) groups is 1. The van der Waals surface area contributed by atoms with Crippen molar-refractivity contribution in [2.45, 2.75) is 24.2 Å². The fourth-order valence-corrected chi connectivity index (χ4v) is 4.41. The van der Waals surface area contributed by atoms with Gasteiger partial charge in [-0.05, 0) is 61.4 Å². The van der Waals surface area contributed by atoms with Gasteiger partial charge in [0.15, 0.2) is 5.75 Å². The maximum Gasteiger partial charge on any atom is 0.262 e. The number of nitrogens with one attached hydrogen (secondary N) is 1. The molecule has 0 aliphatic carbocycles. The number of amides is 1. The van der Waals surface area contributed by atoms with E-state index in [1.165, 1.54) is 12.1 Å². The molecule has 1 aliphatic rings. The number of carbonyl (C=O) groups excluding carboxylic acids is 1. The van der Waals surface area contributed by atoms with Gasteiger partial charge in [-0.15, -0.1) is 0 Å². The minimum atomic E-state index is -3.82. The summed E-state index contributed by atoms with van der Waals surface area (Å²) >= 11 is 0. The summed E-state index contributed by atoms with van der Waals surface area (Å²) in [7, 11) is -3.82. The molecule has 1 aliphatic heterocycles. The standard InChI is InChI=1S/C23H22N2O4S/c26-23-12-6-7-17-25(23)18-13-15-20(16-14-18)30(27,28)24-21-10-4-5-11-22(21)29-19-8-2-1-3-9-19/h1-5,8-11,13-16,24H,6-7,12,17H2. The Labute approximate surface area is 176 Å². The molecule has 6 nitrogen and oxygen atoms in total. The molecule has 4 rings (SSSR count). The van der Waals surface area contributed by atoms with Gasteiger partial charge in [-0.2, -0.15) is 0 Å². The van der Waals surface area contributed by atoms with Gasteiger partial charge in [-0.3, -0.25) is 9.52 Å². The van der Waals surface area contributed by atoms with Crippen LogP contribution in [-0.2, 0) is 14.8 Å². The van der Waals surface area contributed by atoms with Crippen molar-refractivity contribution < 1.29 is 17.9 Å². The average molecular weight is 423 g/mol. The number of hydrogen-bond donors (Lipinski definition) is 1. The number of hydrogen-bond acceptors (Lipinski definition) is 4. The normalized spacial score (nSPS) is 14.4. The molecular weight excluding hydrogens is 400 g/mol. The summed E-state index contributed by atoms with van der Waals surface area (Å²) in [5, 5.41) is 0. The van der Waals surface area contributed by atoms with Crippen LogP contribution in [0.2, 0.25) is 0 Å². The number of ether oxygens (including phenoxy) is 1. The third-order valence-electron chi connectivity index (χ3n) is 4.88. The van der Waals surface area contributed by atoms with Crippen molar-refractivity contribution in [2.24, 2.45) is 0 Å². The molecule has 3 aromatic carbocycles. The van der Waals surface area contributed by atoms with Gasteiger partial charge in [0.25, 0.3) is 10.0 Å². The predicted molar refractivity (Wildman–Crippen MR) is 116 cm³/mol. The summed E-state index contributed by atoms with van der Waals surface area (Å²) in [5.74, 6) is 1.09. The zero-order valence-electron chi connectivity index (χ0n) is 16.3. The van der Waals surface area contributed by atoms with Crippen LogP contribution in [0.25, 0.3) is 0 Å². The van der Waals surface area contributed by atoms with E-state index in [0.717, 1.165) is 12.8 Å². The van der Waals surface area contributed by atoms with E-state index < -0.39 is 10.0 Å². The summed E-state index contributed by atoms with van der Waals surface area (Å²) < 4.78 is 34.3. The van der Waals surface area contributed by atoms with Crippen LogP contribution in [-0.4, -0.2) is 20.9 Å². The molecule has 1 saturated heterocycles. The van der Waals surface area contributed by atoms with Crippen LogP contribution in [0, 0.1) is 0 Å². The van der Waals surface area contributed by atoms with Crippen molar-refractivity contribution in [3.63, 3.8) is 0 Å². The Morgan fingerprint density at radius 1 is 0.833 bits per heavy atom. The molecule has 0 aromatic heterocycles. The summed E-state index contributed by atoms with van der Waals surface area (Å²) in [4.78, 5) is 13.9. The van der Waals surface area contributed by atoms with E-state index in [-0.39, 0.29) is 10.8 Å². The third-order valence-corrected chi connectivity index (χ3v) is 6.27. The summed E-state index contributed by atoms with van der Waals surface area (Å²) in [6, 6.07) is 22.4. The van der Waals surface area contributed by atoms with Gasteiger partial charge in [-0.1, -0.05) is 30.3 Å². The van der Waals surface area contributed by atoms with Crippen LogP contribution < -0.4 is 14.4 Å². The molecule has 0 unspecified atom stereocenters. The molecule has 0 radical (unpaired) electrons. The first-order valence-corrected chi connectivity index (χ1v) is 11.3. The van der Waals surface area contributed by atoms with Crippen molar-refractivity contribution in [1.29, 1.82) is 0 Å². The second kappa shape index (κ2) is 8.59. The number of rotatable bonds is 6. The molecule has 1 N–H and O–H groups in total. The number of para-hydroxylation sites is 3. The molecule has 0 atom stereocenters. The second-order valence-corrected chi connectivity index (χ2v) is 8.70. The van der Waals surface area contributed by atoms with Crippen LogP contribution in [0.15, 0.2) is 83.8 Å². The SMILES string of the molecule is O=C1CCCCN1c1ccc(S(=O)(=O)Nc2ccccc2Oc2ccccc2)cc1. The maximum absolute atomic E-state index is 12.9. The van der Waals surface area contributed by atoms with Crippen molar-refractivity contribution in [2.75, 3.05) is 16.2 Å². The Hall–Kier alpha value is -3.32. The number of anilines is 2. The van der Waals surface area contributed by atoms with E-state index in [0.29, 0.717) is 35.8 Å². The zero-order valence-corrected chi connectivity index (χ0v) is 17.1. The lowest BCUT2D eigenvalue weighted by atomic mass is 10.1. The molecule has 1 amide bonds. The quantitative estimate of drug-likeness (QED) is 0.619. The van der Waals surface area contributed by atoms with Crippen molar-refractivity contribution in [3.8, 4) is 11.5 Å². The first-order valence-electron chi connectivity index (χ1n) is 9.78. The Balaban J connectivity index is 1.54. The molecule has 0 spiro atoms. The van der Waals surface area contributed by atoms with Crippen LogP contribution in [0.5, 0.6) is 11.5 Å². The van der Waals surface area contributed by atoms with E-state index in [1.807, 2.05) is 18.2 Å². The molecule has 7 heteroatoms. The summed E-state index contributed by atoms with van der Waals surface area (Å²) in [6.07, 6.45) is 2.38. The third kappa shape index (κ3) is 4.46. The van der Waals surface area contributed by atoms with E-state index in [9.17, 15) is 13.2 Å². The first-order chi connectivity index (χ1) is 14.5. The Morgan fingerprint density at radius 3 is 2.27 bits per heavy atom. The molecule has 0 bridgehead atoms. The highest BCUT2D eigenvalue weighted by Crippen LogP contribution is 2.31. The lowest BCUT2D eigenvalue weighted by molar-refractivity contribution is -0.119. The minimum absolute atomic E-state index is 0.0713. The first kappa shape index (κ1) is 20.0. The van der Waals surface area contributed by atoms with Crippen molar-refractivity contribution in [3.05, 3.63) is 78.9 Å². The van der Waals surface area contributed by atoms with E-state index >= 15 is 0 Å². The average Bonchev–Trinajstić information content (AvgIpc) is 2.76. The summed E-state index contributed by atoms with van der Waals surface area (Å²) in [6.45, 7) is 0.660. The molecule has 3 aromatic rings. The molecule has 30 heavy (non-hydrogen) atoms. The van der Waals surface area contributed by atoms with Crippen molar-refractivity contribution >= 4 is 27.3 Å². The largest absolute Gasteiger partial charge is 0.455 e. The maximum atomic E-state index is 12.9. The van der Waals surface area contributed by atoms with Gasteiger partial charge in [0, 0.05) is 18.7 Å². The number of benzene rings is 3. The topological polar surface area (TPSA) is 75.7 Å². The predicted octanol–water partition coefficient (Wildman–Crippen LogP) is 4.80. The van der Waals surface area contributed by atoms with E-state index in [1.54, 1.807) is 53.4 Å². The van der Waals surface area contributed by atoms with Gasteiger partial charge >= 0.3 is 0 Å². The monoisotopic (exact) mass is 422 g/mol. The Kier molecular flexibility index (Phi) is 5.72. The fraction of sp³-hybridized carbons (Fsp3) is 0.174. The molecule has 1 heterocycles. The zero-order chi connectivity index (χ0) is 21.0. The van der Waals surface area contributed by atoms with Crippen LogP contribution in [0.4, 0.5) is 11.4 Å². The van der Waals surface area contributed by atoms with Crippen molar-refractivity contribution in [1.82, 2.24) is 0 Å². The van der Waals surface area contributed by atoms with Gasteiger partial charge in [0.05, 0.1) is 10.6 Å². The van der Waals surface area contributed by atoms with Gasteiger partial charge in [-0.25, -0.2) is 8.42 Å². The highest BCUT2D eigenvalue weighted by Gasteiger charge is 2.21. The fourth-order valence-electron chi connectivity index (χ4n) is 3.34. The molecular formula is C23H22N2O4S. The number of nitrogens with zero attached hydrogens (tertiary/aromatic N) is 1. The number of piperidine rings is 1. The van der Waals surface area contributed by atoms with Crippen LogP contribution >= 0.6 is 0 Å². The lowest BCUT2D eigenvalue weighted by Crippen LogP contribution is -2.35. The van der Waals surface area contributed by atoms with Gasteiger partial charge in [0.2, 0.25) is 5.91 Å². The highest BCUT2D eigenvalue weighted by molar-refractivity contribution is 7.92. The van der Waals surface area contributed by atoms with Gasteiger partial charge < -0.3 is 9.64 Å².